The summed E-state index contributed by atoms with van der Waals surface area (Å²) in [7, 11) is 0. The van der Waals surface area contributed by atoms with Gasteiger partial charge in [-0.25, -0.2) is 0 Å². The Morgan fingerprint density at radius 1 is 1.54 bits per heavy atom. The van der Waals surface area contributed by atoms with E-state index in [1.807, 2.05) is 0 Å². The molecule has 2 rings (SSSR count). The summed E-state index contributed by atoms with van der Waals surface area (Å²) in [5.41, 5.74) is 6.32. The van der Waals surface area contributed by atoms with E-state index in [4.69, 9.17) is 5.73 Å². The molecule has 1 saturated heterocycles. The fraction of sp³-hybridized carbons (Fsp3) is 1.00. The SMILES string of the molecule is CC1CN(CC2(CN)CC2)CCS1. The number of hydrogen-bond donors (Lipinski definition) is 1. The zero-order valence-corrected chi connectivity index (χ0v) is 9.28. The Labute approximate surface area is 85.2 Å². The Morgan fingerprint density at radius 2 is 2.31 bits per heavy atom. The lowest BCUT2D eigenvalue weighted by molar-refractivity contribution is 0.231. The lowest BCUT2D eigenvalue weighted by Gasteiger charge is -2.33. The molecular formula is C10H20N2S. The van der Waals surface area contributed by atoms with Crippen LogP contribution in [0.25, 0.3) is 0 Å². The standard InChI is InChI=1S/C10H20N2S/c1-9-6-12(4-5-13-9)8-10(7-11)2-3-10/h9H,2-8,11H2,1H3. The van der Waals surface area contributed by atoms with Crippen LogP contribution in [0.4, 0.5) is 0 Å². The molecule has 3 heteroatoms. The van der Waals surface area contributed by atoms with Gasteiger partial charge in [-0.1, -0.05) is 6.92 Å². The first-order valence-electron chi connectivity index (χ1n) is 5.28. The van der Waals surface area contributed by atoms with Crippen molar-refractivity contribution in [2.75, 3.05) is 31.9 Å². The molecule has 1 atom stereocenters. The molecule has 2 nitrogen and oxygen atoms in total. The average molecular weight is 200 g/mol. The van der Waals surface area contributed by atoms with Crippen LogP contribution in [-0.4, -0.2) is 42.1 Å². The minimum atomic E-state index is 0.529. The van der Waals surface area contributed by atoms with Crippen LogP contribution in [0, 0.1) is 5.41 Å². The fourth-order valence-corrected chi connectivity index (χ4v) is 3.19. The quantitative estimate of drug-likeness (QED) is 0.741. The maximum absolute atomic E-state index is 5.79. The van der Waals surface area contributed by atoms with Crippen LogP contribution in [0.1, 0.15) is 19.8 Å². The smallest absolute Gasteiger partial charge is 0.0147 e. The topological polar surface area (TPSA) is 29.3 Å². The monoisotopic (exact) mass is 200 g/mol. The van der Waals surface area contributed by atoms with Crippen LogP contribution >= 0.6 is 11.8 Å². The highest BCUT2D eigenvalue weighted by Crippen LogP contribution is 2.45. The van der Waals surface area contributed by atoms with Crippen LogP contribution < -0.4 is 5.73 Å². The van der Waals surface area contributed by atoms with E-state index >= 15 is 0 Å². The summed E-state index contributed by atoms with van der Waals surface area (Å²) in [5.74, 6) is 1.31. The Morgan fingerprint density at radius 3 is 2.85 bits per heavy atom. The molecule has 1 unspecified atom stereocenters. The maximum atomic E-state index is 5.79. The number of rotatable bonds is 3. The van der Waals surface area contributed by atoms with Gasteiger partial charge in [0.05, 0.1) is 0 Å². The zero-order chi connectivity index (χ0) is 9.31. The summed E-state index contributed by atoms with van der Waals surface area (Å²) >= 11 is 2.10. The van der Waals surface area contributed by atoms with E-state index in [1.165, 1.54) is 38.2 Å². The Hall–Kier alpha value is 0.270. The van der Waals surface area contributed by atoms with Crippen molar-refractivity contribution in [1.82, 2.24) is 4.90 Å². The van der Waals surface area contributed by atoms with E-state index in [1.54, 1.807) is 0 Å². The molecule has 0 aromatic rings. The van der Waals surface area contributed by atoms with Gasteiger partial charge in [-0.3, -0.25) is 0 Å². The van der Waals surface area contributed by atoms with Crippen molar-refractivity contribution in [3.05, 3.63) is 0 Å². The molecule has 2 aliphatic rings. The molecule has 0 spiro atoms. The summed E-state index contributed by atoms with van der Waals surface area (Å²) in [5, 5.41) is 0.822. The van der Waals surface area contributed by atoms with Crippen LogP contribution in [-0.2, 0) is 0 Å². The molecule has 76 valence electrons. The second-order valence-corrected chi connectivity index (χ2v) is 6.17. The van der Waals surface area contributed by atoms with Gasteiger partial charge >= 0.3 is 0 Å². The number of hydrogen-bond acceptors (Lipinski definition) is 3. The lowest BCUT2D eigenvalue weighted by atomic mass is 10.1. The molecule has 1 aliphatic carbocycles. The maximum Gasteiger partial charge on any atom is 0.0147 e. The lowest BCUT2D eigenvalue weighted by Crippen LogP contribution is -2.41. The highest BCUT2D eigenvalue weighted by Gasteiger charge is 2.42. The summed E-state index contributed by atoms with van der Waals surface area (Å²) in [6, 6.07) is 0. The van der Waals surface area contributed by atoms with Gasteiger partial charge < -0.3 is 10.6 Å². The van der Waals surface area contributed by atoms with Gasteiger partial charge in [0.25, 0.3) is 0 Å². The van der Waals surface area contributed by atoms with E-state index in [0.717, 1.165) is 11.8 Å². The summed E-state index contributed by atoms with van der Waals surface area (Å²) in [4.78, 5) is 2.61. The number of nitrogens with zero attached hydrogens (tertiary/aromatic N) is 1. The minimum Gasteiger partial charge on any atom is -0.330 e. The van der Waals surface area contributed by atoms with Crippen molar-refractivity contribution in [2.45, 2.75) is 25.0 Å². The molecule has 2 N–H and O–H groups in total. The predicted molar refractivity (Wildman–Crippen MR) is 59.1 cm³/mol. The molecule has 1 saturated carbocycles. The van der Waals surface area contributed by atoms with Gasteiger partial charge in [0, 0.05) is 30.6 Å². The molecular weight excluding hydrogens is 180 g/mol. The highest BCUT2D eigenvalue weighted by molar-refractivity contribution is 7.99. The molecule has 0 amide bonds. The van der Waals surface area contributed by atoms with Crippen molar-refractivity contribution in [2.24, 2.45) is 11.1 Å². The summed E-state index contributed by atoms with van der Waals surface area (Å²) in [6.07, 6.45) is 2.73. The second-order valence-electron chi connectivity index (χ2n) is 4.62. The van der Waals surface area contributed by atoms with E-state index in [9.17, 15) is 0 Å². The third-order valence-electron chi connectivity index (χ3n) is 3.27. The van der Waals surface area contributed by atoms with Gasteiger partial charge in [-0.05, 0) is 24.8 Å². The molecule has 1 aliphatic heterocycles. The average Bonchev–Trinajstić information content (AvgIpc) is 2.86. The normalized spacial score (nSPS) is 33.2. The van der Waals surface area contributed by atoms with Crippen LogP contribution in [0.15, 0.2) is 0 Å². The highest BCUT2D eigenvalue weighted by atomic mass is 32.2. The zero-order valence-electron chi connectivity index (χ0n) is 8.46. The molecule has 0 aromatic carbocycles. The van der Waals surface area contributed by atoms with E-state index < -0.39 is 0 Å². The molecule has 2 fully saturated rings. The molecule has 0 aromatic heterocycles. The first-order valence-corrected chi connectivity index (χ1v) is 6.33. The van der Waals surface area contributed by atoms with Gasteiger partial charge in [0.2, 0.25) is 0 Å². The van der Waals surface area contributed by atoms with Gasteiger partial charge in [-0.15, -0.1) is 0 Å². The number of nitrogens with two attached hydrogens (primary N) is 1. The fourth-order valence-electron chi connectivity index (χ4n) is 2.11. The van der Waals surface area contributed by atoms with E-state index in [-0.39, 0.29) is 0 Å². The Kier molecular flexibility index (Phi) is 2.86. The molecule has 13 heavy (non-hydrogen) atoms. The summed E-state index contributed by atoms with van der Waals surface area (Å²) in [6.45, 7) is 7.03. The Balaban J connectivity index is 1.80. The van der Waals surface area contributed by atoms with Crippen LogP contribution in [0.3, 0.4) is 0 Å². The third-order valence-corrected chi connectivity index (χ3v) is 4.41. The van der Waals surface area contributed by atoms with Crippen molar-refractivity contribution >= 4 is 11.8 Å². The third kappa shape index (κ3) is 2.39. The van der Waals surface area contributed by atoms with E-state index in [0.29, 0.717) is 5.41 Å². The Bertz CT molecular complexity index is 180. The van der Waals surface area contributed by atoms with Crippen molar-refractivity contribution in [3.8, 4) is 0 Å². The van der Waals surface area contributed by atoms with Gasteiger partial charge in [-0.2, -0.15) is 11.8 Å². The molecule has 0 bridgehead atoms. The van der Waals surface area contributed by atoms with Crippen LogP contribution in [0.2, 0.25) is 0 Å². The predicted octanol–water partition coefficient (Wildman–Crippen LogP) is 1.16. The van der Waals surface area contributed by atoms with Crippen molar-refractivity contribution in [1.29, 1.82) is 0 Å². The first kappa shape index (κ1) is 9.81. The van der Waals surface area contributed by atoms with Crippen molar-refractivity contribution < 1.29 is 0 Å². The minimum absolute atomic E-state index is 0.529. The van der Waals surface area contributed by atoms with Gasteiger partial charge in [0.15, 0.2) is 0 Å². The molecule has 0 radical (unpaired) electrons. The van der Waals surface area contributed by atoms with Crippen molar-refractivity contribution in [3.63, 3.8) is 0 Å². The molecule has 1 heterocycles. The number of thioether (sulfide) groups is 1. The summed E-state index contributed by atoms with van der Waals surface area (Å²) < 4.78 is 0. The largest absolute Gasteiger partial charge is 0.330 e. The van der Waals surface area contributed by atoms with Crippen LogP contribution in [0.5, 0.6) is 0 Å². The first-order chi connectivity index (χ1) is 6.24. The van der Waals surface area contributed by atoms with E-state index in [2.05, 4.69) is 23.6 Å². The second kappa shape index (κ2) is 3.79. The van der Waals surface area contributed by atoms with Gasteiger partial charge in [0.1, 0.15) is 0 Å².